The standard InChI is InChI=1S/C16H19Cl2N5O.HI/c1-20-16(22-9-12-7-13(17)14(18)23(12)2)21-8-10-4-3-5-11(6-10)15(19)24;/h3-7H,8-9H2,1-2H3,(H2,19,24)(H2,20,21,22);1H. The van der Waals surface area contributed by atoms with Crippen molar-refractivity contribution < 1.29 is 4.79 Å². The number of carbonyl (C=O) groups is 1. The molecule has 0 unspecified atom stereocenters. The smallest absolute Gasteiger partial charge is 0.248 e. The maximum absolute atomic E-state index is 11.2. The summed E-state index contributed by atoms with van der Waals surface area (Å²) in [5.41, 5.74) is 7.63. The Morgan fingerprint density at radius 1 is 1.24 bits per heavy atom. The van der Waals surface area contributed by atoms with Crippen LogP contribution in [-0.2, 0) is 20.1 Å². The summed E-state index contributed by atoms with van der Waals surface area (Å²) in [4.78, 5) is 15.4. The summed E-state index contributed by atoms with van der Waals surface area (Å²) >= 11 is 12.0. The summed E-state index contributed by atoms with van der Waals surface area (Å²) in [5.74, 6) is 0.171. The first-order chi connectivity index (χ1) is 11.4. The van der Waals surface area contributed by atoms with Gasteiger partial charge in [-0.25, -0.2) is 0 Å². The molecule has 0 aliphatic carbocycles. The number of hydrogen-bond donors (Lipinski definition) is 3. The van der Waals surface area contributed by atoms with E-state index in [1.54, 1.807) is 35.9 Å². The van der Waals surface area contributed by atoms with E-state index in [0.717, 1.165) is 11.3 Å². The summed E-state index contributed by atoms with van der Waals surface area (Å²) in [6.07, 6.45) is 0. The third kappa shape index (κ3) is 5.79. The normalized spacial score (nSPS) is 11.0. The number of aromatic nitrogens is 1. The van der Waals surface area contributed by atoms with E-state index in [0.29, 0.717) is 34.8 Å². The van der Waals surface area contributed by atoms with Gasteiger partial charge in [0.15, 0.2) is 5.96 Å². The number of hydrogen-bond acceptors (Lipinski definition) is 2. The molecule has 0 aliphatic rings. The molecule has 1 aromatic carbocycles. The predicted octanol–water partition coefficient (Wildman–Crippen LogP) is 2.91. The Balaban J connectivity index is 0.00000312. The Morgan fingerprint density at radius 3 is 2.48 bits per heavy atom. The summed E-state index contributed by atoms with van der Waals surface area (Å²) in [5, 5.41) is 7.37. The maximum Gasteiger partial charge on any atom is 0.248 e. The molecule has 136 valence electrons. The van der Waals surface area contributed by atoms with E-state index in [9.17, 15) is 4.79 Å². The molecule has 0 spiro atoms. The van der Waals surface area contributed by atoms with Crippen LogP contribution < -0.4 is 16.4 Å². The quantitative estimate of drug-likeness (QED) is 0.338. The van der Waals surface area contributed by atoms with Crippen molar-refractivity contribution in [2.75, 3.05) is 7.05 Å². The van der Waals surface area contributed by atoms with Gasteiger partial charge < -0.3 is 20.9 Å². The second kappa shape index (κ2) is 9.88. The molecule has 1 aromatic heterocycles. The lowest BCUT2D eigenvalue weighted by molar-refractivity contribution is 0.1000. The zero-order valence-electron chi connectivity index (χ0n) is 13.8. The first-order valence-corrected chi connectivity index (χ1v) is 8.00. The minimum absolute atomic E-state index is 0. The van der Waals surface area contributed by atoms with Crippen molar-refractivity contribution in [3.63, 3.8) is 0 Å². The number of benzene rings is 1. The minimum Gasteiger partial charge on any atom is -0.366 e. The van der Waals surface area contributed by atoms with Crippen LogP contribution in [0.5, 0.6) is 0 Å². The van der Waals surface area contributed by atoms with E-state index in [1.165, 1.54) is 0 Å². The van der Waals surface area contributed by atoms with E-state index in [-0.39, 0.29) is 24.0 Å². The van der Waals surface area contributed by atoms with Gasteiger partial charge in [-0.2, -0.15) is 0 Å². The van der Waals surface area contributed by atoms with Crippen LogP contribution in [0, 0.1) is 0 Å². The van der Waals surface area contributed by atoms with E-state index >= 15 is 0 Å². The van der Waals surface area contributed by atoms with Crippen molar-refractivity contribution >= 4 is 59.0 Å². The van der Waals surface area contributed by atoms with Crippen LogP contribution in [0.25, 0.3) is 0 Å². The SMILES string of the molecule is CN=C(NCc1cccc(C(N)=O)c1)NCc1cc(Cl)c(Cl)n1C.I. The minimum atomic E-state index is -0.447. The largest absolute Gasteiger partial charge is 0.366 e. The molecule has 1 heterocycles. The lowest BCUT2D eigenvalue weighted by Gasteiger charge is -2.13. The van der Waals surface area contributed by atoms with E-state index in [1.807, 2.05) is 13.1 Å². The Hall–Kier alpha value is -1.45. The van der Waals surface area contributed by atoms with Crippen molar-refractivity contribution in [3.05, 3.63) is 57.3 Å². The van der Waals surface area contributed by atoms with Crippen molar-refractivity contribution in [2.24, 2.45) is 17.8 Å². The lowest BCUT2D eigenvalue weighted by Crippen LogP contribution is -2.36. The van der Waals surface area contributed by atoms with E-state index < -0.39 is 5.91 Å². The summed E-state index contributed by atoms with van der Waals surface area (Å²) in [6.45, 7) is 1.03. The number of aliphatic imine (C=N–C) groups is 1. The van der Waals surface area contributed by atoms with E-state index in [2.05, 4.69) is 15.6 Å². The highest BCUT2D eigenvalue weighted by Crippen LogP contribution is 2.24. The van der Waals surface area contributed by atoms with Crippen LogP contribution in [0.2, 0.25) is 10.2 Å². The van der Waals surface area contributed by atoms with Gasteiger partial charge in [-0.1, -0.05) is 35.3 Å². The number of nitrogens with one attached hydrogen (secondary N) is 2. The third-order valence-electron chi connectivity index (χ3n) is 3.55. The molecule has 0 saturated heterocycles. The molecule has 0 radical (unpaired) electrons. The number of primary amides is 1. The number of carbonyl (C=O) groups excluding carboxylic acids is 1. The van der Waals surface area contributed by atoms with E-state index in [4.69, 9.17) is 28.9 Å². The van der Waals surface area contributed by atoms with Crippen LogP contribution >= 0.6 is 47.2 Å². The highest BCUT2D eigenvalue weighted by Gasteiger charge is 2.09. The Morgan fingerprint density at radius 2 is 1.92 bits per heavy atom. The molecule has 0 aliphatic heterocycles. The molecule has 6 nitrogen and oxygen atoms in total. The van der Waals surface area contributed by atoms with Crippen LogP contribution in [0.1, 0.15) is 21.6 Å². The fourth-order valence-corrected chi connectivity index (χ4v) is 2.59. The number of amides is 1. The second-order valence-electron chi connectivity index (χ2n) is 5.18. The molecule has 0 fully saturated rings. The fourth-order valence-electron chi connectivity index (χ4n) is 2.17. The number of nitrogens with two attached hydrogens (primary N) is 1. The molecule has 2 aromatic rings. The second-order valence-corrected chi connectivity index (χ2v) is 5.94. The topological polar surface area (TPSA) is 84.4 Å². The molecule has 0 saturated carbocycles. The van der Waals surface area contributed by atoms with Gasteiger partial charge in [-0.15, -0.1) is 24.0 Å². The van der Waals surface area contributed by atoms with Gasteiger partial charge in [0.2, 0.25) is 5.91 Å². The van der Waals surface area contributed by atoms with Gasteiger partial charge >= 0.3 is 0 Å². The predicted molar refractivity (Wildman–Crippen MR) is 113 cm³/mol. The van der Waals surface area contributed by atoms with Gasteiger partial charge in [0.1, 0.15) is 5.15 Å². The summed E-state index contributed by atoms with van der Waals surface area (Å²) in [6, 6.07) is 8.94. The number of halogens is 3. The number of rotatable bonds is 5. The fraction of sp³-hybridized carbons (Fsp3) is 0.250. The monoisotopic (exact) mass is 495 g/mol. The molecule has 0 atom stereocenters. The molecule has 1 amide bonds. The van der Waals surface area contributed by atoms with Crippen LogP contribution in [-0.4, -0.2) is 23.5 Å². The van der Waals surface area contributed by atoms with Crippen LogP contribution in [0.3, 0.4) is 0 Å². The maximum atomic E-state index is 11.2. The first kappa shape index (κ1) is 21.6. The molecule has 0 bridgehead atoms. The number of guanidine groups is 1. The highest BCUT2D eigenvalue weighted by atomic mass is 127. The average Bonchev–Trinajstić information content (AvgIpc) is 2.82. The Bertz CT molecular complexity index is 776. The van der Waals surface area contributed by atoms with Crippen molar-refractivity contribution in [2.45, 2.75) is 13.1 Å². The Kier molecular flexibility index (Phi) is 8.54. The van der Waals surface area contributed by atoms with Crippen LogP contribution in [0.4, 0.5) is 0 Å². The lowest BCUT2D eigenvalue weighted by atomic mass is 10.1. The zero-order valence-corrected chi connectivity index (χ0v) is 17.7. The molecular weight excluding hydrogens is 476 g/mol. The third-order valence-corrected chi connectivity index (χ3v) is 4.39. The number of nitrogens with zero attached hydrogens (tertiary/aromatic N) is 2. The van der Waals surface area contributed by atoms with Gasteiger partial charge in [0, 0.05) is 31.9 Å². The molecule has 25 heavy (non-hydrogen) atoms. The molecule has 4 N–H and O–H groups in total. The average molecular weight is 496 g/mol. The Labute approximate surface area is 173 Å². The van der Waals surface area contributed by atoms with Crippen molar-refractivity contribution in [3.8, 4) is 0 Å². The van der Waals surface area contributed by atoms with Crippen LogP contribution in [0.15, 0.2) is 35.3 Å². The van der Waals surface area contributed by atoms with Crippen molar-refractivity contribution in [1.82, 2.24) is 15.2 Å². The summed E-state index contributed by atoms with van der Waals surface area (Å²) < 4.78 is 1.81. The van der Waals surface area contributed by atoms with Gasteiger partial charge in [0.05, 0.1) is 11.6 Å². The highest BCUT2D eigenvalue weighted by molar-refractivity contribution is 14.0. The summed E-state index contributed by atoms with van der Waals surface area (Å²) in [7, 11) is 3.52. The first-order valence-electron chi connectivity index (χ1n) is 7.25. The zero-order chi connectivity index (χ0) is 17.7. The molecule has 9 heteroatoms. The van der Waals surface area contributed by atoms with Gasteiger partial charge in [-0.3, -0.25) is 9.79 Å². The van der Waals surface area contributed by atoms with Crippen molar-refractivity contribution in [1.29, 1.82) is 0 Å². The van der Waals surface area contributed by atoms with Gasteiger partial charge in [-0.05, 0) is 23.8 Å². The molecular formula is C16H20Cl2IN5O. The van der Waals surface area contributed by atoms with Gasteiger partial charge in [0.25, 0.3) is 0 Å². The molecule has 2 rings (SSSR count).